The van der Waals surface area contributed by atoms with E-state index in [1.807, 2.05) is 32.0 Å². The molecule has 0 radical (unpaired) electrons. The number of aromatic nitrogens is 2. The van der Waals surface area contributed by atoms with Crippen LogP contribution in [0.2, 0.25) is 0 Å². The Morgan fingerprint density at radius 2 is 1.54 bits per heavy atom. The quantitative estimate of drug-likeness (QED) is 0.915. The van der Waals surface area contributed by atoms with Gasteiger partial charge in [0.2, 0.25) is 5.91 Å². The van der Waals surface area contributed by atoms with Crippen LogP contribution in [0.1, 0.15) is 28.5 Å². The zero-order valence-electron chi connectivity index (χ0n) is 15.3. The summed E-state index contributed by atoms with van der Waals surface area (Å²) in [6, 6.07) is 9.51. The molecular formula is C19H23N5O2. The molecule has 2 amide bonds. The fourth-order valence-corrected chi connectivity index (χ4v) is 3.04. The molecule has 1 aromatic heterocycles. The average molecular weight is 353 g/mol. The summed E-state index contributed by atoms with van der Waals surface area (Å²) in [6.45, 7) is 7.75. The van der Waals surface area contributed by atoms with Crippen molar-refractivity contribution >= 4 is 23.3 Å². The monoisotopic (exact) mass is 353 g/mol. The van der Waals surface area contributed by atoms with Crippen molar-refractivity contribution in [3.05, 3.63) is 47.2 Å². The van der Waals surface area contributed by atoms with E-state index in [-0.39, 0.29) is 11.8 Å². The number of anilines is 2. The van der Waals surface area contributed by atoms with Gasteiger partial charge in [0.1, 0.15) is 0 Å². The molecule has 0 aliphatic carbocycles. The number of carbonyl (C=O) groups is 2. The van der Waals surface area contributed by atoms with Crippen LogP contribution in [0, 0.1) is 13.8 Å². The van der Waals surface area contributed by atoms with Gasteiger partial charge in [-0.15, -0.1) is 10.2 Å². The second-order valence-corrected chi connectivity index (χ2v) is 6.49. The third-order valence-electron chi connectivity index (χ3n) is 4.63. The molecule has 7 heteroatoms. The summed E-state index contributed by atoms with van der Waals surface area (Å²) >= 11 is 0. The second kappa shape index (κ2) is 7.51. The molecule has 1 N–H and O–H groups in total. The van der Waals surface area contributed by atoms with E-state index >= 15 is 0 Å². The topological polar surface area (TPSA) is 78.4 Å². The number of hydrogen-bond donors (Lipinski definition) is 1. The molecule has 3 rings (SSSR count). The first kappa shape index (κ1) is 17.8. The molecule has 26 heavy (non-hydrogen) atoms. The van der Waals surface area contributed by atoms with Gasteiger partial charge in [-0.05, 0) is 37.1 Å². The van der Waals surface area contributed by atoms with Crippen LogP contribution in [0.25, 0.3) is 0 Å². The standard InChI is InChI=1S/C19H23N5O2/c1-13-5-4-6-14(2)18(13)20-17-8-7-16(21-22-17)19(26)24-11-9-23(10-12-24)15(3)25/h4-8H,9-12H2,1-3H3,(H,20,22). The van der Waals surface area contributed by atoms with E-state index in [1.165, 1.54) is 0 Å². The van der Waals surface area contributed by atoms with Gasteiger partial charge in [-0.1, -0.05) is 18.2 Å². The summed E-state index contributed by atoms with van der Waals surface area (Å²) < 4.78 is 0. The number of para-hydroxylation sites is 1. The van der Waals surface area contributed by atoms with Crippen molar-refractivity contribution in [2.75, 3.05) is 31.5 Å². The van der Waals surface area contributed by atoms with Crippen molar-refractivity contribution < 1.29 is 9.59 Å². The molecule has 2 heterocycles. The lowest BCUT2D eigenvalue weighted by Gasteiger charge is -2.33. The summed E-state index contributed by atoms with van der Waals surface area (Å²) in [7, 11) is 0. The third kappa shape index (κ3) is 3.82. The summed E-state index contributed by atoms with van der Waals surface area (Å²) in [5.41, 5.74) is 3.56. The normalized spacial score (nSPS) is 14.3. The average Bonchev–Trinajstić information content (AvgIpc) is 2.65. The first-order chi connectivity index (χ1) is 12.5. The number of aryl methyl sites for hydroxylation is 2. The van der Waals surface area contributed by atoms with Gasteiger partial charge in [-0.25, -0.2) is 0 Å². The molecule has 0 spiro atoms. The van der Waals surface area contributed by atoms with Crippen LogP contribution in [-0.2, 0) is 4.79 Å². The van der Waals surface area contributed by atoms with Crippen LogP contribution < -0.4 is 5.32 Å². The van der Waals surface area contributed by atoms with Gasteiger partial charge >= 0.3 is 0 Å². The molecule has 1 fully saturated rings. The minimum atomic E-state index is -0.153. The Labute approximate surface area is 153 Å². The van der Waals surface area contributed by atoms with Gasteiger partial charge < -0.3 is 15.1 Å². The maximum atomic E-state index is 12.6. The van der Waals surface area contributed by atoms with Crippen LogP contribution in [0.3, 0.4) is 0 Å². The summed E-state index contributed by atoms with van der Waals surface area (Å²) in [5, 5.41) is 11.5. The maximum absolute atomic E-state index is 12.6. The smallest absolute Gasteiger partial charge is 0.274 e. The van der Waals surface area contributed by atoms with Gasteiger partial charge in [-0.2, -0.15) is 0 Å². The molecule has 1 aliphatic rings. The summed E-state index contributed by atoms with van der Waals surface area (Å²) in [6.07, 6.45) is 0. The number of amides is 2. The Hall–Kier alpha value is -2.96. The number of nitrogens with zero attached hydrogens (tertiary/aromatic N) is 4. The SMILES string of the molecule is CC(=O)N1CCN(C(=O)c2ccc(Nc3c(C)cccc3C)nn2)CC1. The van der Waals surface area contributed by atoms with E-state index in [0.717, 1.165) is 16.8 Å². The first-order valence-electron chi connectivity index (χ1n) is 8.67. The fraction of sp³-hybridized carbons (Fsp3) is 0.368. The van der Waals surface area contributed by atoms with Crippen molar-refractivity contribution in [2.45, 2.75) is 20.8 Å². The maximum Gasteiger partial charge on any atom is 0.274 e. The Morgan fingerprint density at radius 1 is 0.923 bits per heavy atom. The highest BCUT2D eigenvalue weighted by Gasteiger charge is 2.24. The molecule has 0 saturated carbocycles. The zero-order valence-corrected chi connectivity index (χ0v) is 15.3. The highest BCUT2D eigenvalue weighted by molar-refractivity contribution is 5.92. The second-order valence-electron chi connectivity index (χ2n) is 6.49. The third-order valence-corrected chi connectivity index (χ3v) is 4.63. The summed E-state index contributed by atoms with van der Waals surface area (Å²) in [4.78, 5) is 27.4. The first-order valence-corrected chi connectivity index (χ1v) is 8.67. The highest BCUT2D eigenvalue weighted by Crippen LogP contribution is 2.23. The molecule has 2 aromatic rings. The lowest BCUT2D eigenvalue weighted by molar-refractivity contribution is -0.130. The lowest BCUT2D eigenvalue weighted by Crippen LogP contribution is -2.50. The van der Waals surface area contributed by atoms with E-state index in [2.05, 4.69) is 15.5 Å². The zero-order chi connectivity index (χ0) is 18.7. The van der Waals surface area contributed by atoms with Crippen molar-refractivity contribution in [1.82, 2.24) is 20.0 Å². The van der Waals surface area contributed by atoms with E-state index in [4.69, 9.17) is 0 Å². The summed E-state index contributed by atoms with van der Waals surface area (Å²) in [5.74, 6) is 0.485. The largest absolute Gasteiger partial charge is 0.339 e. The van der Waals surface area contributed by atoms with Gasteiger partial charge in [0.25, 0.3) is 5.91 Å². The molecule has 136 valence electrons. The number of rotatable bonds is 3. The van der Waals surface area contributed by atoms with E-state index < -0.39 is 0 Å². The molecule has 1 aromatic carbocycles. The van der Waals surface area contributed by atoms with E-state index in [9.17, 15) is 9.59 Å². The molecule has 0 unspecified atom stereocenters. The predicted octanol–water partition coefficient (Wildman–Crippen LogP) is 2.14. The van der Waals surface area contributed by atoms with Crippen LogP contribution >= 0.6 is 0 Å². The Morgan fingerprint density at radius 3 is 2.08 bits per heavy atom. The number of benzene rings is 1. The number of hydrogen-bond acceptors (Lipinski definition) is 5. The number of nitrogens with one attached hydrogen (secondary N) is 1. The Bertz CT molecular complexity index is 791. The molecule has 1 aliphatic heterocycles. The van der Waals surface area contributed by atoms with Crippen LogP contribution in [-0.4, -0.2) is 58.0 Å². The molecule has 0 atom stereocenters. The molecular weight excluding hydrogens is 330 g/mol. The lowest BCUT2D eigenvalue weighted by atomic mass is 10.1. The minimum absolute atomic E-state index is 0.0406. The van der Waals surface area contributed by atoms with E-state index in [0.29, 0.717) is 37.7 Å². The van der Waals surface area contributed by atoms with Crippen molar-refractivity contribution in [3.63, 3.8) is 0 Å². The van der Waals surface area contributed by atoms with Crippen molar-refractivity contribution in [2.24, 2.45) is 0 Å². The van der Waals surface area contributed by atoms with Crippen LogP contribution in [0.4, 0.5) is 11.5 Å². The van der Waals surface area contributed by atoms with Gasteiger partial charge in [0.05, 0.1) is 0 Å². The van der Waals surface area contributed by atoms with Crippen molar-refractivity contribution in [1.29, 1.82) is 0 Å². The van der Waals surface area contributed by atoms with Crippen LogP contribution in [0.15, 0.2) is 30.3 Å². The predicted molar refractivity (Wildman–Crippen MR) is 99.4 cm³/mol. The van der Waals surface area contributed by atoms with Gasteiger partial charge in [0, 0.05) is 38.8 Å². The van der Waals surface area contributed by atoms with E-state index in [1.54, 1.807) is 28.9 Å². The Balaban J connectivity index is 1.66. The van der Waals surface area contributed by atoms with Gasteiger partial charge in [0.15, 0.2) is 11.5 Å². The Kier molecular flexibility index (Phi) is 5.16. The fourth-order valence-electron chi connectivity index (χ4n) is 3.04. The molecule has 0 bridgehead atoms. The molecule has 7 nitrogen and oxygen atoms in total. The molecule has 1 saturated heterocycles. The van der Waals surface area contributed by atoms with Crippen molar-refractivity contribution in [3.8, 4) is 0 Å². The van der Waals surface area contributed by atoms with Crippen LogP contribution in [0.5, 0.6) is 0 Å². The van der Waals surface area contributed by atoms with Gasteiger partial charge in [-0.3, -0.25) is 9.59 Å². The number of piperazine rings is 1. The minimum Gasteiger partial charge on any atom is -0.339 e. The highest BCUT2D eigenvalue weighted by atomic mass is 16.2. The number of carbonyl (C=O) groups excluding carboxylic acids is 2.